The molecule has 2 aliphatic rings. The van der Waals surface area contributed by atoms with Crippen LogP contribution in [-0.2, 0) is 12.3 Å². The quantitative estimate of drug-likeness (QED) is 0.836. The molecule has 4 rings (SSSR count). The molecule has 1 aliphatic heterocycles. The predicted molar refractivity (Wildman–Crippen MR) is 98.0 cm³/mol. The Kier molecular flexibility index (Phi) is 5.13. The van der Waals surface area contributed by atoms with Crippen LogP contribution in [0.2, 0.25) is 0 Å². The van der Waals surface area contributed by atoms with Gasteiger partial charge >= 0.3 is 0 Å². The number of methoxy groups -OCH3 is 1. The lowest BCUT2D eigenvalue weighted by molar-refractivity contribution is -0.00593. The molecule has 1 aromatic heterocycles. The van der Waals surface area contributed by atoms with Crippen molar-refractivity contribution < 1.29 is 13.5 Å². The van der Waals surface area contributed by atoms with E-state index < -0.39 is 5.92 Å². The lowest BCUT2D eigenvalue weighted by Crippen LogP contribution is -2.38. The largest absolute Gasteiger partial charge is 0.497 e. The molecule has 7 heteroatoms. The Balaban J connectivity index is 0.000000880. The number of alkyl halides is 2. The van der Waals surface area contributed by atoms with Crippen molar-refractivity contribution in [1.82, 2.24) is 9.97 Å². The second-order valence-corrected chi connectivity index (χ2v) is 5.97. The van der Waals surface area contributed by atoms with Crippen LogP contribution in [0.25, 0.3) is 11.3 Å². The molecule has 4 nitrogen and oxygen atoms in total. The summed E-state index contributed by atoms with van der Waals surface area (Å²) in [5.74, 6) is -1.71. The highest BCUT2D eigenvalue weighted by Crippen LogP contribution is 2.44. The van der Waals surface area contributed by atoms with E-state index in [1.54, 1.807) is 13.4 Å². The van der Waals surface area contributed by atoms with Crippen molar-refractivity contribution in [3.8, 4) is 17.0 Å². The molecule has 0 radical (unpaired) electrons. The standard InChI is InChI=1S/C17H17F2N3O.CH4S/c1-23-12-5-3-11(4-6-12)14-13-7-8-17(18,19)15(13)21-16(20-14)22-9-2-10-22;1-2/h3-6H,2,7-10H2,1H3;2H,1H3. The van der Waals surface area contributed by atoms with E-state index in [0.717, 1.165) is 30.8 Å². The minimum absolute atomic E-state index is 0.0970. The topological polar surface area (TPSA) is 38.2 Å². The first-order valence-electron chi connectivity index (χ1n) is 8.22. The molecule has 0 saturated carbocycles. The molecule has 1 aromatic carbocycles. The van der Waals surface area contributed by atoms with Gasteiger partial charge in [0.2, 0.25) is 5.95 Å². The van der Waals surface area contributed by atoms with Crippen LogP contribution in [0.4, 0.5) is 14.7 Å². The summed E-state index contributed by atoms with van der Waals surface area (Å²) in [6.45, 7) is 1.65. The molecule has 0 unspecified atom stereocenters. The van der Waals surface area contributed by atoms with Gasteiger partial charge in [-0.3, -0.25) is 0 Å². The lowest BCUT2D eigenvalue weighted by atomic mass is 10.0. The van der Waals surface area contributed by atoms with Crippen LogP contribution >= 0.6 is 12.6 Å². The zero-order valence-electron chi connectivity index (χ0n) is 14.3. The molecule has 0 spiro atoms. The zero-order chi connectivity index (χ0) is 18.0. The summed E-state index contributed by atoms with van der Waals surface area (Å²) in [5, 5.41) is 0. The summed E-state index contributed by atoms with van der Waals surface area (Å²) in [7, 11) is 1.60. The van der Waals surface area contributed by atoms with Gasteiger partial charge in [0.25, 0.3) is 5.92 Å². The Labute approximate surface area is 151 Å². The summed E-state index contributed by atoms with van der Waals surface area (Å²) >= 11 is 3.53. The minimum Gasteiger partial charge on any atom is -0.497 e. The van der Waals surface area contributed by atoms with Gasteiger partial charge < -0.3 is 9.64 Å². The van der Waals surface area contributed by atoms with Crippen LogP contribution in [0.5, 0.6) is 5.75 Å². The van der Waals surface area contributed by atoms with Crippen molar-refractivity contribution in [2.24, 2.45) is 0 Å². The molecule has 0 N–H and O–H groups in total. The second-order valence-electron chi connectivity index (χ2n) is 5.97. The third-order valence-corrected chi connectivity index (χ3v) is 4.53. The molecule has 0 atom stereocenters. The van der Waals surface area contributed by atoms with Gasteiger partial charge in [-0.05, 0) is 43.4 Å². The van der Waals surface area contributed by atoms with Gasteiger partial charge in [0.05, 0.1) is 12.8 Å². The zero-order valence-corrected chi connectivity index (χ0v) is 15.2. The van der Waals surface area contributed by atoms with Crippen LogP contribution in [0.3, 0.4) is 0 Å². The number of anilines is 1. The minimum atomic E-state index is -2.86. The molecule has 1 saturated heterocycles. The number of hydrogen-bond acceptors (Lipinski definition) is 5. The number of thiol groups is 1. The molecule has 0 amide bonds. The molecular formula is C18H21F2N3OS. The molecule has 25 heavy (non-hydrogen) atoms. The van der Waals surface area contributed by atoms with Crippen LogP contribution in [0.15, 0.2) is 24.3 Å². The van der Waals surface area contributed by atoms with Crippen molar-refractivity contribution in [2.75, 3.05) is 31.4 Å². The van der Waals surface area contributed by atoms with Crippen molar-refractivity contribution in [3.05, 3.63) is 35.5 Å². The van der Waals surface area contributed by atoms with Gasteiger partial charge in [-0.15, -0.1) is 0 Å². The van der Waals surface area contributed by atoms with Crippen molar-refractivity contribution in [3.63, 3.8) is 0 Å². The van der Waals surface area contributed by atoms with Crippen LogP contribution in [-0.4, -0.2) is 36.4 Å². The van der Waals surface area contributed by atoms with Gasteiger partial charge in [-0.2, -0.15) is 21.4 Å². The number of aromatic nitrogens is 2. The van der Waals surface area contributed by atoms with Crippen LogP contribution in [0.1, 0.15) is 24.1 Å². The summed E-state index contributed by atoms with van der Waals surface area (Å²) < 4.78 is 33.5. The third kappa shape index (κ3) is 3.29. The molecule has 134 valence electrons. The van der Waals surface area contributed by atoms with E-state index in [1.165, 1.54) is 0 Å². The van der Waals surface area contributed by atoms with E-state index >= 15 is 0 Å². The van der Waals surface area contributed by atoms with Crippen molar-refractivity contribution in [2.45, 2.75) is 25.2 Å². The smallest absolute Gasteiger partial charge is 0.290 e. The van der Waals surface area contributed by atoms with Crippen molar-refractivity contribution >= 4 is 18.6 Å². The van der Waals surface area contributed by atoms with Crippen LogP contribution < -0.4 is 9.64 Å². The first kappa shape index (κ1) is 17.9. The Hall–Kier alpha value is -1.89. The lowest BCUT2D eigenvalue weighted by Gasteiger charge is -2.31. The molecule has 2 aromatic rings. The van der Waals surface area contributed by atoms with E-state index in [-0.39, 0.29) is 12.1 Å². The molecule has 0 bridgehead atoms. The van der Waals surface area contributed by atoms with Gasteiger partial charge in [0.1, 0.15) is 11.4 Å². The fourth-order valence-electron chi connectivity index (χ4n) is 3.06. The number of halogens is 2. The highest BCUT2D eigenvalue weighted by molar-refractivity contribution is 7.79. The molecular weight excluding hydrogens is 344 g/mol. The van der Waals surface area contributed by atoms with Gasteiger partial charge in [0.15, 0.2) is 0 Å². The van der Waals surface area contributed by atoms with E-state index in [1.807, 2.05) is 29.2 Å². The summed E-state index contributed by atoms with van der Waals surface area (Å²) in [5.41, 5.74) is 1.92. The number of ether oxygens (including phenoxy) is 1. The first-order chi connectivity index (χ1) is 12.1. The monoisotopic (exact) mass is 365 g/mol. The highest BCUT2D eigenvalue weighted by Gasteiger charge is 2.43. The van der Waals surface area contributed by atoms with Crippen LogP contribution in [0, 0.1) is 0 Å². The van der Waals surface area contributed by atoms with Gasteiger partial charge in [0, 0.05) is 30.6 Å². The van der Waals surface area contributed by atoms with Gasteiger partial charge in [-0.25, -0.2) is 9.97 Å². The van der Waals surface area contributed by atoms with E-state index in [4.69, 9.17) is 4.74 Å². The first-order valence-corrected chi connectivity index (χ1v) is 9.11. The average molecular weight is 365 g/mol. The number of hydrogen-bond donors (Lipinski definition) is 1. The third-order valence-electron chi connectivity index (χ3n) is 4.53. The van der Waals surface area contributed by atoms with E-state index in [0.29, 0.717) is 23.6 Å². The molecule has 2 heterocycles. The second kappa shape index (κ2) is 7.15. The number of rotatable bonds is 3. The van der Waals surface area contributed by atoms with E-state index in [9.17, 15) is 8.78 Å². The molecule has 1 aliphatic carbocycles. The average Bonchev–Trinajstić information content (AvgIpc) is 2.90. The maximum Gasteiger partial charge on any atom is 0.290 e. The van der Waals surface area contributed by atoms with Crippen molar-refractivity contribution in [1.29, 1.82) is 0 Å². The highest BCUT2D eigenvalue weighted by atomic mass is 32.1. The fraction of sp³-hybridized carbons (Fsp3) is 0.444. The predicted octanol–water partition coefficient (Wildman–Crippen LogP) is 3.95. The number of benzene rings is 1. The summed E-state index contributed by atoms with van der Waals surface area (Å²) in [6, 6.07) is 7.36. The summed E-state index contributed by atoms with van der Waals surface area (Å²) in [4.78, 5) is 10.7. The Morgan fingerprint density at radius 3 is 2.36 bits per heavy atom. The Morgan fingerprint density at radius 1 is 1.12 bits per heavy atom. The summed E-state index contributed by atoms with van der Waals surface area (Å²) in [6.07, 6.45) is 2.86. The van der Waals surface area contributed by atoms with Gasteiger partial charge in [-0.1, -0.05) is 0 Å². The van der Waals surface area contributed by atoms with E-state index in [2.05, 4.69) is 22.6 Å². The normalized spacial score (nSPS) is 17.2. The molecule has 1 fully saturated rings. The Bertz CT molecular complexity index is 749. The number of nitrogens with zero attached hydrogens (tertiary/aromatic N) is 3. The Morgan fingerprint density at radius 2 is 1.80 bits per heavy atom. The SMILES string of the molecule is COc1ccc(-c2nc(N3CCC3)nc3c2CCC3(F)F)cc1.CS. The maximum atomic E-state index is 14.2. The maximum absolute atomic E-state index is 14.2. The fourth-order valence-corrected chi connectivity index (χ4v) is 3.06. The number of fused-ring (bicyclic) bond motifs is 1.